The minimum absolute atomic E-state index is 0.137. The van der Waals surface area contributed by atoms with Gasteiger partial charge < -0.3 is 16.0 Å². The molecule has 0 aromatic carbocycles. The van der Waals surface area contributed by atoms with Crippen molar-refractivity contribution in [1.82, 2.24) is 29.7 Å². The van der Waals surface area contributed by atoms with Gasteiger partial charge in [-0.25, -0.2) is 0 Å². The summed E-state index contributed by atoms with van der Waals surface area (Å²) in [6, 6.07) is 0. The Hall–Kier alpha value is -1.90. The average molecular weight is 294 g/mol. The van der Waals surface area contributed by atoms with Gasteiger partial charge >= 0.3 is 0 Å². The molecule has 108 valence electrons. The van der Waals surface area contributed by atoms with Crippen LogP contribution >= 0.6 is 11.8 Å². The van der Waals surface area contributed by atoms with Gasteiger partial charge in [-0.2, -0.15) is 15.0 Å². The van der Waals surface area contributed by atoms with Crippen LogP contribution in [0.5, 0.6) is 0 Å². The second-order valence-electron chi connectivity index (χ2n) is 4.27. The lowest BCUT2D eigenvalue weighted by molar-refractivity contribution is 0.566. The molecule has 2 rings (SSSR count). The Balaban J connectivity index is 1.95. The van der Waals surface area contributed by atoms with Gasteiger partial charge in [0, 0.05) is 6.54 Å². The summed E-state index contributed by atoms with van der Waals surface area (Å²) >= 11 is 1.51. The van der Waals surface area contributed by atoms with Crippen LogP contribution in [0, 0.1) is 0 Å². The van der Waals surface area contributed by atoms with Gasteiger partial charge in [0.05, 0.1) is 5.75 Å². The molecule has 0 atom stereocenters. The number of aromatic nitrogens is 6. The number of nitrogen functional groups attached to an aromatic ring is 2. The molecule has 0 aliphatic heterocycles. The van der Waals surface area contributed by atoms with E-state index in [-0.39, 0.29) is 11.9 Å². The average Bonchev–Trinajstić information content (AvgIpc) is 2.83. The molecule has 0 unspecified atom stereocenters. The van der Waals surface area contributed by atoms with Gasteiger partial charge in [0.2, 0.25) is 11.9 Å². The maximum absolute atomic E-state index is 5.53. The summed E-state index contributed by atoms with van der Waals surface area (Å²) in [6.07, 6.45) is 5.25. The molecular weight excluding hydrogens is 276 g/mol. The van der Waals surface area contributed by atoms with Crippen LogP contribution in [-0.2, 0) is 12.3 Å². The van der Waals surface area contributed by atoms with Gasteiger partial charge in [-0.15, -0.1) is 10.2 Å². The fourth-order valence-corrected chi connectivity index (χ4v) is 2.49. The molecule has 0 saturated heterocycles. The van der Waals surface area contributed by atoms with Gasteiger partial charge in [-0.05, 0) is 6.42 Å². The van der Waals surface area contributed by atoms with Crippen LogP contribution in [0.25, 0.3) is 0 Å². The molecule has 9 heteroatoms. The van der Waals surface area contributed by atoms with E-state index in [0.29, 0.717) is 11.6 Å². The number of nitrogens with two attached hydrogens (primary N) is 2. The Bertz CT molecular complexity index is 535. The third-order valence-corrected chi connectivity index (χ3v) is 3.61. The van der Waals surface area contributed by atoms with Gasteiger partial charge in [-0.3, -0.25) is 0 Å². The van der Waals surface area contributed by atoms with Crippen LogP contribution < -0.4 is 11.5 Å². The molecule has 0 aliphatic rings. The molecule has 0 aliphatic carbocycles. The molecule has 0 amide bonds. The molecule has 0 fully saturated rings. The maximum Gasteiger partial charge on any atom is 0.225 e. The van der Waals surface area contributed by atoms with Crippen molar-refractivity contribution in [3.63, 3.8) is 0 Å². The van der Waals surface area contributed by atoms with E-state index in [1.165, 1.54) is 24.6 Å². The number of hydrogen-bond donors (Lipinski definition) is 2. The van der Waals surface area contributed by atoms with E-state index in [0.717, 1.165) is 18.1 Å². The summed E-state index contributed by atoms with van der Waals surface area (Å²) in [4.78, 5) is 11.8. The summed E-state index contributed by atoms with van der Waals surface area (Å²) in [5.74, 6) is 1.35. The maximum atomic E-state index is 5.53. The van der Waals surface area contributed by atoms with E-state index in [9.17, 15) is 0 Å². The highest BCUT2D eigenvalue weighted by Gasteiger charge is 2.08. The molecule has 0 saturated carbocycles. The van der Waals surface area contributed by atoms with Crippen LogP contribution in [-0.4, -0.2) is 29.7 Å². The van der Waals surface area contributed by atoms with Crippen molar-refractivity contribution in [2.24, 2.45) is 0 Å². The molecule has 2 aromatic rings. The second-order valence-corrected chi connectivity index (χ2v) is 5.21. The molecule has 0 spiro atoms. The highest BCUT2D eigenvalue weighted by molar-refractivity contribution is 7.98. The number of anilines is 2. The smallest absolute Gasteiger partial charge is 0.225 e. The largest absolute Gasteiger partial charge is 0.368 e. The highest BCUT2D eigenvalue weighted by Crippen LogP contribution is 2.19. The van der Waals surface area contributed by atoms with E-state index >= 15 is 0 Å². The quantitative estimate of drug-likeness (QED) is 0.575. The Morgan fingerprint density at radius 3 is 2.60 bits per heavy atom. The van der Waals surface area contributed by atoms with Crippen molar-refractivity contribution in [2.45, 2.75) is 43.6 Å². The fraction of sp³-hybridized carbons (Fsp3) is 0.545. The number of unbranched alkanes of at least 4 members (excludes halogenated alkanes) is 2. The molecule has 2 aromatic heterocycles. The van der Waals surface area contributed by atoms with Gasteiger partial charge in [-0.1, -0.05) is 31.5 Å². The zero-order valence-electron chi connectivity index (χ0n) is 11.4. The molecular formula is C11H18N8S. The number of aryl methyl sites for hydroxylation is 1. The van der Waals surface area contributed by atoms with E-state index in [4.69, 9.17) is 11.5 Å². The van der Waals surface area contributed by atoms with Gasteiger partial charge in [0.1, 0.15) is 12.2 Å². The van der Waals surface area contributed by atoms with Crippen molar-refractivity contribution in [3.8, 4) is 0 Å². The zero-order valence-corrected chi connectivity index (χ0v) is 12.2. The standard InChI is InChI=1S/C11H18N8S/c1-2-3-4-5-19-7-14-18-11(19)20-6-8-15-9(12)17-10(13)16-8/h7H,2-6H2,1H3,(H4,12,13,15,16,17). The zero-order chi connectivity index (χ0) is 14.4. The van der Waals surface area contributed by atoms with Crippen molar-refractivity contribution < 1.29 is 0 Å². The number of nitrogens with zero attached hydrogens (tertiary/aromatic N) is 6. The van der Waals surface area contributed by atoms with Crippen LogP contribution in [0.1, 0.15) is 32.0 Å². The second kappa shape index (κ2) is 7.04. The van der Waals surface area contributed by atoms with E-state index in [1.807, 2.05) is 4.57 Å². The first-order valence-electron chi connectivity index (χ1n) is 6.45. The lowest BCUT2D eigenvalue weighted by Crippen LogP contribution is -2.06. The summed E-state index contributed by atoms with van der Waals surface area (Å²) < 4.78 is 2.04. The minimum atomic E-state index is 0.137. The third-order valence-electron chi connectivity index (χ3n) is 2.63. The Kier molecular flexibility index (Phi) is 5.10. The lowest BCUT2D eigenvalue weighted by atomic mass is 10.2. The first kappa shape index (κ1) is 14.5. The molecule has 4 N–H and O–H groups in total. The van der Waals surface area contributed by atoms with E-state index in [1.54, 1.807) is 6.33 Å². The molecule has 0 radical (unpaired) electrons. The predicted molar refractivity (Wildman–Crippen MR) is 77.8 cm³/mol. The van der Waals surface area contributed by atoms with E-state index < -0.39 is 0 Å². The molecule has 20 heavy (non-hydrogen) atoms. The normalized spacial score (nSPS) is 10.8. The lowest BCUT2D eigenvalue weighted by Gasteiger charge is -2.05. The van der Waals surface area contributed by atoms with Crippen LogP contribution in [0.3, 0.4) is 0 Å². The van der Waals surface area contributed by atoms with E-state index in [2.05, 4.69) is 32.1 Å². The monoisotopic (exact) mass is 294 g/mol. The minimum Gasteiger partial charge on any atom is -0.368 e. The summed E-state index contributed by atoms with van der Waals surface area (Å²) in [5, 5.41) is 8.88. The fourth-order valence-electron chi connectivity index (χ4n) is 1.69. The van der Waals surface area contributed by atoms with Crippen molar-refractivity contribution in [3.05, 3.63) is 12.2 Å². The van der Waals surface area contributed by atoms with Crippen LogP contribution in [0.2, 0.25) is 0 Å². The molecule has 0 bridgehead atoms. The molecule has 8 nitrogen and oxygen atoms in total. The summed E-state index contributed by atoms with van der Waals surface area (Å²) in [5.41, 5.74) is 11.1. The Morgan fingerprint density at radius 2 is 1.90 bits per heavy atom. The topological polar surface area (TPSA) is 121 Å². The number of rotatable bonds is 7. The third kappa shape index (κ3) is 4.05. The van der Waals surface area contributed by atoms with Crippen LogP contribution in [0.15, 0.2) is 11.5 Å². The first-order chi connectivity index (χ1) is 9.69. The SMILES string of the molecule is CCCCCn1cnnc1SCc1nc(N)nc(N)n1. The highest BCUT2D eigenvalue weighted by atomic mass is 32.2. The number of thioether (sulfide) groups is 1. The van der Waals surface area contributed by atoms with Gasteiger partial charge in [0.25, 0.3) is 0 Å². The van der Waals surface area contributed by atoms with Gasteiger partial charge in [0.15, 0.2) is 5.16 Å². The first-order valence-corrected chi connectivity index (χ1v) is 7.44. The van der Waals surface area contributed by atoms with Crippen molar-refractivity contribution in [1.29, 1.82) is 0 Å². The van der Waals surface area contributed by atoms with Crippen molar-refractivity contribution in [2.75, 3.05) is 11.5 Å². The summed E-state index contributed by atoms with van der Waals surface area (Å²) in [7, 11) is 0. The summed E-state index contributed by atoms with van der Waals surface area (Å²) in [6.45, 7) is 3.10. The Morgan fingerprint density at radius 1 is 1.15 bits per heavy atom. The Labute approximate surface area is 121 Å². The van der Waals surface area contributed by atoms with Crippen molar-refractivity contribution >= 4 is 23.7 Å². The van der Waals surface area contributed by atoms with Crippen LogP contribution in [0.4, 0.5) is 11.9 Å². The number of hydrogen-bond acceptors (Lipinski definition) is 8. The molecule has 2 heterocycles. The predicted octanol–water partition coefficient (Wildman–Crippen LogP) is 1.11.